The Hall–Kier alpha value is -2.91. The number of carbonyl (C=O) groups is 2. The lowest BCUT2D eigenvalue weighted by atomic mass is 9.92. The molecule has 1 aliphatic heterocycles. The summed E-state index contributed by atoms with van der Waals surface area (Å²) in [5.74, 6) is 1.76. The van der Waals surface area contributed by atoms with Crippen molar-refractivity contribution in [1.29, 1.82) is 0 Å². The second-order valence-electron chi connectivity index (χ2n) is 13.0. The normalized spacial score (nSPS) is 15.6. The molecule has 0 N–H and O–H groups in total. The molecular weight excluding hydrogens is 510 g/mol. The van der Waals surface area contributed by atoms with E-state index in [0.717, 1.165) is 22.6 Å². The van der Waals surface area contributed by atoms with Gasteiger partial charge in [-0.2, -0.15) is 0 Å². The van der Waals surface area contributed by atoms with E-state index in [1.54, 1.807) is 4.90 Å². The maximum absolute atomic E-state index is 13.7. The minimum atomic E-state index is -1.90. The van der Waals surface area contributed by atoms with Crippen molar-refractivity contribution in [2.45, 2.75) is 91.3 Å². The number of ketones is 1. The molecule has 0 saturated carbocycles. The lowest BCUT2D eigenvalue weighted by Crippen LogP contribution is -2.43. The van der Waals surface area contributed by atoms with Crippen LogP contribution in [-0.4, -0.2) is 53.3 Å². The van der Waals surface area contributed by atoms with Crippen molar-refractivity contribution >= 4 is 31.2 Å². The molecule has 39 heavy (non-hydrogen) atoms. The number of benzene rings is 1. The molecule has 9 heteroatoms. The van der Waals surface area contributed by atoms with Crippen molar-refractivity contribution in [2.75, 3.05) is 13.1 Å². The van der Waals surface area contributed by atoms with E-state index in [9.17, 15) is 9.59 Å². The van der Waals surface area contributed by atoms with E-state index in [4.69, 9.17) is 18.6 Å². The molecule has 8 nitrogen and oxygen atoms in total. The number of Topliss-reactive ketones (excluding diaryl/α,β-unsaturated/α-hetero) is 1. The summed E-state index contributed by atoms with van der Waals surface area (Å²) < 4.78 is 19.9. The fourth-order valence-electron chi connectivity index (χ4n) is 4.47. The van der Waals surface area contributed by atoms with Gasteiger partial charge in [-0.05, 0) is 76.0 Å². The Balaban J connectivity index is 1.49. The van der Waals surface area contributed by atoms with Crippen molar-refractivity contribution < 1.29 is 23.2 Å². The Morgan fingerprint density at radius 2 is 1.64 bits per heavy atom. The zero-order valence-electron chi connectivity index (χ0n) is 24.7. The van der Waals surface area contributed by atoms with Crippen LogP contribution in [0.15, 0.2) is 40.8 Å². The summed E-state index contributed by atoms with van der Waals surface area (Å²) in [6, 6.07) is 11.7. The van der Waals surface area contributed by atoms with E-state index in [-0.39, 0.29) is 22.8 Å². The molecule has 4 rings (SSSR count). The van der Waals surface area contributed by atoms with Gasteiger partial charge < -0.3 is 23.0 Å². The Morgan fingerprint density at radius 3 is 2.28 bits per heavy atom. The average Bonchev–Trinajstić information content (AvgIpc) is 3.45. The first kappa shape index (κ1) is 29.1. The van der Waals surface area contributed by atoms with Crippen molar-refractivity contribution in [2.24, 2.45) is 5.92 Å². The number of imidazole rings is 1. The number of piperidine rings is 1. The molecule has 1 fully saturated rings. The molecule has 0 unspecified atom stereocenters. The van der Waals surface area contributed by atoms with Crippen molar-refractivity contribution in [1.82, 2.24) is 14.5 Å². The summed E-state index contributed by atoms with van der Waals surface area (Å²) in [7, 11) is -1.90. The number of hydrogen-bond acceptors (Lipinski definition) is 6. The number of furan rings is 1. The first-order valence-corrected chi connectivity index (χ1v) is 16.7. The summed E-state index contributed by atoms with van der Waals surface area (Å²) in [4.78, 5) is 32.6. The molecule has 0 spiro atoms. The molecule has 0 bridgehead atoms. The third kappa shape index (κ3) is 6.81. The van der Waals surface area contributed by atoms with Gasteiger partial charge in [0.15, 0.2) is 14.1 Å². The number of ether oxygens (including phenoxy) is 1. The van der Waals surface area contributed by atoms with Gasteiger partial charge in [-0.25, -0.2) is 9.78 Å². The van der Waals surface area contributed by atoms with Gasteiger partial charge in [0.05, 0.1) is 24.2 Å². The monoisotopic (exact) mass is 553 g/mol. The van der Waals surface area contributed by atoms with Gasteiger partial charge in [0, 0.05) is 19.0 Å². The van der Waals surface area contributed by atoms with E-state index < -0.39 is 13.9 Å². The van der Waals surface area contributed by atoms with Crippen molar-refractivity contribution in [3.05, 3.63) is 53.7 Å². The Labute approximate surface area is 232 Å². The standard InChI is InChI=1S/C30H43N3O5Si/c1-29(2,3)38-28(35)32-17-15-21(16-18-32)26(34)27-31-24-11-9-10-12-25(24)33(27)19-22-13-14-23(37-22)20-36-39(7,8)30(4,5)6/h9-14,21H,15-20H2,1-8H3. The molecule has 1 aromatic carbocycles. The van der Waals surface area contributed by atoms with Gasteiger partial charge >= 0.3 is 6.09 Å². The highest BCUT2D eigenvalue weighted by atomic mass is 28.4. The molecule has 212 valence electrons. The van der Waals surface area contributed by atoms with E-state index in [1.807, 2.05) is 61.7 Å². The van der Waals surface area contributed by atoms with Crippen LogP contribution in [0.3, 0.4) is 0 Å². The van der Waals surface area contributed by atoms with Crippen LogP contribution in [0.25, 0.3) is 11.0 Å². The molecule has 3 heterocycles. The molecule has 3 aromatic rings. The number of amides is 1. The predicted molar refractivity (Wildman–Crippen MR) is 154 cm³/mol. The quantitative estimate of drug-likeness (QED) is 0.231. The SMILES string of the molecule is CC(C)(C)OC(=O)N1CCC(C(=O)c2nc3ccccc3n2Cc2ccc(CO[Si](C)(C)C(C)(C)C)o2)CC1. The largest absolute Gasteiger partial charge is 0.462 e. The number of aromatic nitrogens is 2. The maximum atomic E-state index is 13.7. The Morgan fingerprint density at radius 1 is 1.00 bits per heavy atom. The van der Waals surface area contributed by atoms with Crippen LogP contribution in [0.4, 0.5) is 4.79 Å². The van der Waals surface area contributed by atoms with Gasteiger partial charge in [0.25, 0.3) is 0 Å². The molecule has 0 radical (unpaired) electrons. The van der Waals surface area contributed by atoms with Gasteiger partial charge in [-0.1, -0.05) is 32.9 Å². The van der Waals surface area contributed by atoms with Crippen LogP contribution in [-0.2, 0) is 22.3 Å². The number of para-hydroxylation sites is 2. The summed E-state index contributed by atoms with van der Waals surface area (Å²) in [6.45, 7) is 18.5. The number of nitrogens with zero attached hydrogens (tertiary/aromatic N) is 3. The minimum absolute atomic E-state index is 0.00285. The summed E-state index contributed by atoms with van der Waals surface area (Å²) in [5.41, 5.74) is 1.12. The molecule has 0 atom stereocenters. The minimum Gasteiger partial charge on any atom is -0.462 e. The number of carbonyl (C=O) groups excluding carboxylic acids is 2. The number of hydrogen-bond donors (Lipinski definition) is 0. The van der Waals surface area contributed by atoms with Crippen molar-refractivity contribution in [3.8, 4) is 0 Å². The number of likely N-dealkylation sites (tertiary alicyclic amines) is 1. The molecular formula is C30H43N3O5Si. The Kier molecular flexibility index (Phi) is 8.15. The Bertz CT molecular complexity index is 1320. The average molecular weight is 554 g/mol. The van der Waals surface area contributed by atoms with Gasteiger partial charge in [0.2, 0.25) is 5.78 Å². The summed E-state index contributed by atoms with van der Waals surface area (Å²) in [6.07, 6.45) is 0.834. The second-order valence-corrected chi connectivity index (χ2v) is 17.8. The zero-order valence-corrected chi connectivity index (χ0v) is 25.7. The smallest absolute Gasteiger partial charge is 0.410 e. The lowest BCUT2D eigenvalue weighted by Gasteiger charge is -2.35. The third-order valence-corrected chi connectivity index (χ3v) is 12.3. The fourth-order valence-corrected chi connectivity index (χ4v) is 5.40. The van der Waals surface area contributed by atoms with Crippen LogP contribution in [0.5, 0.6) is 0 Å². The van der Waals surface area contributed by atoms with E-state index in [0.29, 0.717) is 44.9 Å². The first-order valence-electron chi connectivity index (χ1n) is 13.8. The second kappa shape index (κ2) is 10.9. The number of fused-ring (bicyclic) bond motifs is 1. The highest BCUT2D eigenvalue weighted by molar-refractivity contribution is 6.74. The fraction of sp³-hybridized carbons (Fsp3) is 0.567. The first-order chi connectivity index (χ1) is 18.1. The van der Waals surface area contributed by atoms with E-state index in [1.165, 1.54) is 0 Å². The summed E-state index contributed by atoms with van der Waals surface area (Å²) in [5, 5.41) is 0.121. The van der Waals surface area contributed by atoms with Crippen LogP contribution in [0.1, 0.15) is 76.5 Å². The van der Waals surface area contributed by atoms with Gasteiger partial charge in [-0.15, -0.1) is 0 Å². The molecule has 1 aliphatic rings. The van der Waals surface area contributed by atoms with E-state index in [2.05, 4.69) is 33.9 Å². The third-order valence-electron chi connectivity index (χ3n) is 7.81. The van der Waals surface area contributed by atoms with Crippen molar-refractivity contribution in [3.63, 3.8) is 0 Å². The van der Waals surface area contributed by atoms with Crippen LogP contribution >= 0.6 is 0 Å². The lowest BCUT2D eigenvalue weighted by molar-refractivity contribution is 0.0181. The molecule has 1 amide bonds. The topological polar surface area (TPSA) is 86.8 Å². The van der Waals surface area contributed by atoms with Crippen LogP contribution in [0.2, 0.25) is 18.1 Å². The van der Waals surface area contributed by atoms with E-state index >= 15 is 0 Å². The molecule has 1 saturated heterocycles. The number of rotatable bonds is 7. The highest BCUT2D eigenvalue weighted by Crippen LogP contribution is 2.37. The van der Waals surface area contributed by atoms with Crippen LogP contribution in [0, 0.1) is 5.92 Å². The molecule has 2 aromatic heterocycles. The van der Waals surface area contributed by atoms with Gasteiger partial charge in [-0.3, -0.25) is 4.79 Å². The zero-order chi connectivity index (χ0) is 28.6. The van der Waals surface area contributed by atoms with Crippen LogP contribution < -0.4 is 0 Å². The van der Waals surface area contributed by atoms with Gasteiger partial charge in [0.1, 0.15) is 17.1 Å². The highest BCUT2D eigenvalue weighted by Gasteiger charge is 2.37. The predicted octanol–water partition coefficient (Wildman–Crippen LogP) is 7.03. The summed E-state index contributed by atoms with van der Waals surface area (Å²) >= 11 is 0. The molecule has 0 aliphatic carbocycles. The maximum Gasteiger partial charge on any atom is 0.410 e.